The number of hydrogen-bond acceptors (Lipinski definition) is 3. The molecule has 1 fully saturated rings. The lowest BCUT2D eigenvalue weighted by atomic mass is 9.90. The molecule has 8 heteroatoms. The molecule has 0 aromatic heterocycles. The molecule has 0 spiro atoms. The molecule has 0 bridgehead atoms. The third-order valence-corrected chi connectivity index (χ3v) is 8.85. The first-order valence-electron chi connectivity index (χ1n) is 6.96. The van der Waals surface area contributed by atoms with Crippen LogP contribution in [0.2, 0.25) is 18.1 Å². The van der Waals surface area contributed by atoms with Crippen LogP contribution in [0.4, 0.5) is 0 Å². The van der Waals surface area contributed by atoms with Gasteiger partial charge in [-0.15, -0.1) is 0 Å². The molecule has 1 aliphatic rings. The summed E-state index contributed by atoms with van der Waals surface area (Å²) < 4.78 is 6.37. The molecule has 0 saturated heterocycles. The van der Waals surface area contributed by atoms with Crippen molar-refractivity contribution in [1.29, 1.82) is 0 Å². The minimum Gasteiger partial charge on any atom is -0.414 e. The van der Waals surface area contributed by atoms with Crippen LogP contribution in [0.25, 0.3) is 20.9 Å². The largest absolute Gasteiger partial charge is 0.414 e. The number of azide groups is 2. The van der Waals surface area contributed by atoms with Crippen molar-refractivity contribution in [3.8, 4) is 0 Å². The Kier molecular flexibility index (Phi) is 5.47. The quantitative estimate of drug-likeness (QED) is 0.312. The Morgan fingerprint density at radius 3 is 1.80 bits per heavy atom. The number of rotatable bonds is 4. The highest BCUT2D eigenvalue weighted by Gasteiger charge is 2.41. The Hall–Kier alpha value is -1.20. The van der Waals surface area contributed by atoms with Gasteiger partial charge in [-0.05, 0) is 48.5 Å². The summed E-state index contributed by atoms with van der Waals surface area (Å²) >= 11 is 0. The minimum absolute atomic E-state index is 0.00985. The van der Waals surface area contributed by atoms with Gasteiger partial charge in [0, 0.05) is 28.0 Å². The van der Waals surface area contributed by atoms with Crippen molar-refractivity contribution < 1.29 is 4.43 Å². The van der Waals surface area contributed by atoms with Gasteiger partial charge >= 0.3 is 0 Å². The topological polar surface area (TPSA) is 107 Å². The van der Waals surface area contributed by atoms with Gasteiger partial charge in [0.15, 0.2) is 8.32 Å². The lowest BCUT2D eigenvalue weighted by molar-refractivity contribution is 0.119. The highest BCUT2D eigenvalue weighted by molar-refractivity contribution is 6.74. The molecule has 20 heavy (non-hydrogen) atoms. The van der Waals surface area contributed by atoms with E-state index in [1.54, 1.807) is 0 Å². The highest BCUT2D eigenvalue weighted by atomic mass is 28.4. The molecular formula is C12H24N6OSi. The van der Waals surface area contributed by atoms with Crippen LogP contribution in [-0.2, 0) is 4.43 Å². The molecule has 112 valence electrons. The Morgan fingerprint density at radius 2 is 1.45 bits per heavy atom. The molecule has 0 aromatic rings. The second-order valence-electron chi connectivity index (χ2n) is 6.92. The summed E-state index contributed by atoms with van der Waals surface area (Å²) in [5, 5.41) is 7.71. The summed E-state index contributed by atoms with van der Waals surface area (Å²) in [6.07, 6.45) is 2.06. The maximum Gasteiger partial charge on any atom is 0.192 e. The van der Waals surface area contributed by atoms with Crippen LogP contribution >= 0.6 is 0 Å². The van der Waals surface area contributed by atoms with Gasteiger partial charge in [-0.3, -0.25) is 0 Å². The maximum absolute atomic E-state index is 8.61. The molecule has 1 aliphatic carbocycles. The van der Waals surface area contributed by atoms with Crippen LogP contribution in [0, 0.1) is 0 Å². The Balaban J connectivity index is 2.82. The van der Waals surface area contributed by atoms with Gasteiger partial charge in [0.1, 0.15) is 0 Å². The molecule has 0 N–H and O–H groups in total. The van der Waals surface area contributed by atoms with Crippen molar-refractivity contribution in [3.63, 3.8) is 0 Å². The van der Waals surface area contributed by atoms with Crippen molar-refractivity contribution in [1.82, 2.24) is 0 Å². The van der Waals surface area contributed by atoms with Gasteiger partial charge in [0.2, 0.25) is 0 Å². The maximum atomic E-state index is 8.61. The van der Waals surface area contributed by atoms with Crippen molar-refractivity contribution in [2.24, 2.45) is 10.2 Å². The smallest absolute Gasteiger partial charge is 0.192 e. The molecule has 3 atom stereocenters. The summed E-state index contributed by atoms with van der Waals surface area (Å²) in [6, 6.07) is -0.280. The Morgan fingerprint density at radius 1 is 1.00 bits per heavy atom. The zero-order valence-electron chi connectivity index (χ0n) is 12.9. The second-order valence-corrected chi connectivity index (χ2v) is 11.7. The number of nitrogens with zero attached hydrogens (tertiary/aromatic N) is 6. The van der Waals surface area contributed by atoms with Crippen LogP contribution < -0.4 is 0 Å². The van der Waals surface area contributed by atoms with Gasteiger partial charge in [-0.2, -0.15) is 0 Å². The van der Waals surface area contributed by atoms with Gasteiger partial charge in [-0.25, -0.2) is 0 Å². The van der Waals surface area contributed by atoms with E-state index in [-0.39, 0.29) is 23.2 Å². The lowest BCUT2D eigenvalue weighted by Crippen LogP contribution is -2.46. The number of hydrogen-bond donors (Lipinski definition) is 0. The first-order valence-corrected chi connectivity index (χ1v) is 9.86. The van der Waals surface area contributed by atoms with Gasteiger partial charge in [0.25, 0.3) is 0 Å². The summed E-state index contributed by atoms with van der Waals surface area (Å²) in [6.45, 7) is 11.0. The summed E-state index contributed by atoms with van der Waals surface area (Å²) in [5.41, 5.74) is 17.2. The minimum atomic E-state index is -1.87. The van der Waals surface area contributed by atoms with E-state index in [0.29, 0.717) is 19.3 Å². The predicted octanol–water partition coefficient (Wildman–Crippen LogP) is 4.92. The SMILES string of the molecule is CC(C)(C)[Si](C)(C)OC1C[C@@H](N=[N+]=[N-])C[C@@H](N=[N+]=[N-])C1. The molecule has 7 nitrogen and oxygen atoms in total. The fourth-order valence-electron chi connectivity index (χ4n) is 2.23. The van der Waals surface area contributed by atoms with Crippen LogP contribution in [0.5, 0.6) is 0 Å². The van der Waals surface area contributed by atoms with Crippen molar-refractivity contribution in [3.05, 3.63) is 20.9 Å². The van der Waals surface area contributed by atoms with Crippen LogP contribution in [0.15, 0.2) is 10.2 Å². The van der Waals surface area contributed by atoms with Crippen LogP contribution in [0.1, 0.15) is 40.0 Å². The third-order valence-electron chi connectivity index (χ3n) is 4.31. The van der Waals surface area contributed by atoms with Gasteiger partial charge in [0.05, 0.1) is 0 Å². The third kappa shape index (κ3) is 4.42. The van der Waals surface area contributed by atoms with Crippen molar-refractivity contribution in [2.45, 2.75) is 76.4 Å². The zero-order chi connectivity index (χ0) is 15.4. The standard InChI is InChI=1S/C12H24N6OSi/c1-12(2,3)20(4,5)19-11-7-9(15-17-13)6-10(8-11)16-18-14/h9-11H,6-8H2,1-5H3/t9-,10+,11?. The highest BCUT2D eigenvalue weighted by Crippen LogP contribution is 2.39. The first-order chi connectivity index (χ1) is 9.19. The first kappa shape index (κ1) is 16.9. The lowest BCUT2D eigenvalue weighted by Gasteiger charge is -2.42. The monoisotopic (exact) mass is 296 g/mol. The molecule has 0 radical (unpaired) electrons. The Labute approximate surface area is 121 Å². The van der Waals surface area contributed by atoms with E-state index in [4.69, 9.17) is 15.5 Å². The molecule has 1 rings (SSSR count). The van der Waals surface area contributed by atoms with E-state index in [1.165, 1.54) is 0 Å². The molecular weight excluding hydrogens is 272 g/mol. The zero-order valence-corrected chi connectivity index (χ0v) is 13.9. The van der Waals surface area contributed by atoms with Crippen molar-refractivity contribution in [2.75, 3.05) is 0 Å². The fourth-order valence-corrected chi connectivity index (χ4v) is 3.61. The molecule has 0 amide bonds. The van der Waals surface area contributed by atoms with E-state index in [1.807, 2.05) is 0 Å². The van der Waals surface area contributed by atoms with E-state index >= 15 is 0 Å². The molecule has 0 aromatic carbocycles. The average Bonchev–Trinajstić information content (AvgIpc) is 2.27. The summed E-state index contributed by atoms with van der Waals surface area (Å²) in [7, 11) is -1.87. The molecule has 0 heterocycles. The summed E-state index contributed by atoms with van der Waals surface area (Å²) in [5.74, 6) is 0. The molecule has 0 aliphatic heterocycles. The van der Waals surface area contributed by atoms with E-state index in [2.05, 4.69) is 53.9 Å². The normalized spacial score (nSPS) is 27.4. The van der Waals surface area contributed by atoms with Gasteiger partial charge < -0.3 is 4.43 Å². The Bertz CT molecular complexity index is 408. The van der Waals surface area contributed by atoms with Crippen LogP contribution in [0.3, 0.4) is 0 Å². The molecule has 1 saturated carbocycles. The molecule has 1 unspecified atom stereocenters. The predicted molar refractivity (Wildman–Crippen MR) is 81.8 cm³/mol. The van der Waals surface area contributed by atoms with Gasteiger partial charge in [-0.1, -0.05) is 31.0 Å². The fraction of sp³-hybridized carbons (Fsp3) is 1.00. The van der Waals surface area contributed by atoms with E-state index < -0.39 is 8.32 Å². The van der Waals surface area contributed by atoms with E-state index in [9.17, 15) is 0 Å². The van der Waals surface area contributed by atoms with Crippen molar-refractivity contribution >= 4 is 8.32 Å². The van der Waals surface area contributed by atoms with E-state index in [0.717, 1.165) is 0 Å². The second kappa shape index (κ2) is 6.50. The summed E-state index contributed by atoms with van der Waals surface area (Å²) in [4.78, 5) is 5.76. The average molecular weight is 296 g/mol. The van der Waals surface area contributed by atoms with Crippen LogP contribution in [-0.4, -0.2) is 26.5 Å².